The van der Waals surface area contributed by atoms with E-state index in [4.69, 9.17) is 9.15 Å². The van der Waals surface area contributed by atoms with E-state index >= 15 is 0 Å². The smallest absolute Gasteiger partial charge is 0.310 e. The normalized spacial score (nSPS) is 10.6. The lowest BCUT2D eigenvalue weighted by atomic mass is 10.1. The van der Waals surface area contributed by atoms with Gasteiger partial charge in [0.05, 0.1) is 19.1 Å². The Morgan fingerprint density at radius 2 is 1.78 bits per heavy atom. The average Bonchev–Trinajstić information content (AvgIpc) is 3.02. The summed E-state index contributed by atoms with van der Waals surface area (Å²) in [6.07, 6.45) is 1.58. The second-order valence-corrected chi connectivity index (χ2v) is 6.23. The topological polar surface area (TPSA) is 85.6 Å². The average molecular weight is 365 g/mol. The van der Waals surface area contributed by atoms with E-state index in [9.17, 15) is 14.4 Å². The van der Waals surface area contributed by atoms with Gasteiger partial charge in [-0.25, -0.2) is 0 Å². The third-order valence-corrected chi connectivity index (χ3v) is 4.00. The Hall–Kier alpha value is -3.41. The van der Waals surface area contributed by atoms with Gasteiger partial charge in [-0.15, -0.1) is 0 Å². The van der Waals surface area contributed by atoms with Crippen molar-refractivity contribution in [1.29, 1.82) is 0 Å². The summed E-state index contributed by atoms with van der Waals surface area (Å²) < 4.78 is 10.4. The van der Waals surface area contributed by atoms with Crippen LogP contribution in [-0.4, -0.2) is 24.4 Å². The molecule has 0 bridgehead atoms. The van der Waals surface area contributed by atoms with Crippen LogP contribution in [0.3, 0.4) is 0 Å². The largest absolute Gasteiger partial charge is 0.464 e. The maximum Gasteiger partial charge on any atom is 0.310 e. The summed E-state index contributed by atoms with van der Waals surface area (Å²) >= 11 is 0. The summed E-state index contributed by atoms with van der Waals surface area (Å²) in [4.78, 5) is 35.6. The van der Waals surface area contributed by atoms with Crippen molar-refractivity contribution >= 4 is 28.8 Å². The Kier molecular flexibility index (Phi) is 5.66. The van der Waals surface area contributed by atoms with Crippen molar-refractivity contribution in [3.05, 3.63) is 71.5 Å². The first-order valence-corrected chi connectivity index (χ1v) is 8.50. The Balaban J connectivity index is 1.47. The van der Waals surface area contributed by atoms with Crippen molar-refractivity contribution in [2.45, 2.75) is 19.8 Å². The van der Waals surface area contributed by atoms with Crippen LogP contribution in [0.2, 0.25) is 0 Å². The molecule has 3 rings (SSSR count). The minimum absolute atomic E-state index is 0.0126. The zero-order chi connectivity index (χ0) is 19.2. The fraction of sp³-hybridized carbons (Fsp3) is 0.190. The first-order chi connectivity index (χ1) is 13.0. The lowest BCUT2D eigenvalue weighted by molar-refractivity contribution is -0.149. The number of carbonyl (C=O) groups is 3. The molecule has 1 aromatic heterocycles. The zero-order valence-electron chi connectivity index (χ0n) is 14.9. The van der Waals surface area contributed by atoms with Gasteiger partial charge in [0.2, 0.25) is 5.91 Å². The van der Waals surface area contributed by atoms with Crippen LogP contribution in [0.1, 0.15) is 16.7 Å². The van der Waals surface area contributed by atoms with E-state index < -0.39 is 24.4 Å². The van der Waals surface area contributed by atoms with Crippen LogP contribution >= 0.6 is 0 Å². The molecule has 1 heterocycles. The molecular weight excluding hydrogens is 346 g/mol. The van der Waals surface area contributed by atoms with Crippen LogP contribution in [0.25, 0.3) is 11.0 Å². The monoisotopic (exact) mass is 365 g/mol. The van der Waals surface area contributed by atoms with Gasteiger partial charge in [-0.3, -0.25) is 19.7 Å². The zero-order valence-corrected chi connectivity index (χ0v) is 14.9. The quantitative estimate of drug-likeness (QED) is 0.679. The SMILES string of the molecule is Cc1ccc2c(CC(=O)OCC(=O)NC(=O)Cc3ccccc3)coc2c1. The van der Waals surface area contributed by atoms with Crippen molar-refractivity contribution in [1.82, 2.24) is 5.32 Å². The number of nitrogens with one attached hydrogen (secondary N) is 1. The lowest BCUT2D eigenvalue weighted by Crippen LogP contribution is -2.35. The van der Waals surface area contributed by atoms with Crippen molar-refractivity contribution < 1.29 is 23.5 Å². The highest BCUT2D eigenvalue weighted by molar-refractivity contribution is 5.97. The molecule has 6 heteroatoms. The highest BCUT2D eigenvalue weighted by Crippen LogP contribution is 2.22. The first-order valence-electron chi connectivity index (χ1n) is 8.50. The third kappa shape index (κ3) is 5.04. The van der Waals surface area contributed by atoms with E-state index in [2.05, 4.69) is 5.32 Å². The molecule has 0 fully saturated rings. The number of carbonyl (C=O) groups excluding carboxylic acids is 3. The number of hydrogen-bond donors (Lipinski definition) is 1. The molecule has 0 saturated heterocycles. The van der Waals surface area contributed by atoms with Crippen molar-refractivity contribution in [2.75, 3.05) is 6.61 Å². The number of rotatable bonds is 6. The molecule has 0 saturated carbocycles. The van der Waals surface area contributed by atoms with Gasteiger partial charge in [0, 0.05) is 10.9 Å². The van der Waals surface area contributed by atoms with Crippen molar-refractivity contribution in [3.8, 4) is 0 Å². The molecule has 2 aromatic carbocycles. The summed E-state index contributed by atoms with van der Waals surface area (Å²) in [7, 11) is 0. The predicted octanol–water partition coefficient (Wildman–Crippen LogP) is 2.71. The molecule has 0 spiro atoms. The Morgan fingerprint density at radius 1 is 1.00 bits per heavy atom. The first kappa shape index (κ1) is 18.4. The molecule has 27 heavy (non-hydrogen) atoms. The predicted molar refractivity (Wildman–Crippen MR) is 98.9 cm³/mol. The maximum absolute atomic E-state index is 12.0. The Bertz CT molecular complexity index is 975. The summed E-state index contributed by atoms with van der Waals surface area (Å²) in [5.41, 5.74) is 3.24. The van der Waals surface area contributed by atoms with Gasteiger partial charge >= 0.3 is 5.97 Å². The van der Waals surface area contributed by atoms with E-state index in [0.29, 0.717) is 11.1 Å². The number of esters is 1. The molecule has 0 radical (unpaired) electrons. The summed E-state index contributed by atoms with van der Waals surface area (Å²) in [6, 6.07) is 14.7. The molecule has 138 valence electrons. The standard InChI is InChI=1S/C21H19NO5/c1-14-7-8-17-16(12-26-18(17)9-14)11-21(25)27-13-20(24)22-19(23)10-15-5-3-2-4-6-15/h2-9,12H,10-11,13H2,1H3,(H,22,23,24). The fourth-order valence-corrected chi connectivity index (χ4v) is 2.70. The molecule has 0 aliphatic carbocycles. The van der Waals surface area contributed by atoms with E-state index in [-0.39, 0.29) is 12.8 Å². The number of ether oxygens (including phenoxy) is 1. The Labute approximate surface area is 156 Å². The van der Waals surface area contributed by atoms with Crippen LogP contribution in [-0.2, 0) is 32.0 Å². The van der Waals surface area contributed by atoms with Gasteiger partial charge < -0.3 is 9.15 Å². The van der Waals surface area contributed by atoms with Crippen LogP contribution < -0.4 is 5.32 Å². The number of hydrogen-bond acceptors (Lipinski definition) is 5. The highest BCUT2D eigenvalue weighted by Gasteiger charge is 2.14. The second-order valence-electron chi connectivity index (χ2n) is 6.23. The molecule has 0 unspecified atom stereocenters. The van der Waals surface area contributed by atoms with Crippen LogP contribution in [0, 0.1) is 6.92 Å². The third-order valence-electron chi connectivity index (χ3n) is 4.00. The number of benzene rings is 2. The molecule has 2 amide bonds. The molecule has 1 N–H and O–H groups in total. The van der Waals surface area contributed by atoms with Gasteiger partial charge in [-0.05, 0) is 24.1 Å². The molecular formula is C21H19NO5. The van der Waals surface area contributed by atoms with Crippen LogP contribution in [0.4, 0.5) is 0 Å². The van der Waals surface area contributed by atoms with Gasteiger partial charge in [-0.2, -0.15) is 0 Å². The van der Waals surface area contributed by atoms with Gasteiger partial charge in [0.15, 0.2) is 6.61 Å². The molecule has 0 aliphatic heterocycles. The van der Waals surface area contributed by atoms with E-state index in [0.717, 1.165) is 16.5 Å². The number of fused-ring (bicyclic) bond motifs is 1. The maximum atomic E-state index is 12.0. The van der Waals surface area contributed by atoms with Gasteiger partial charge in [0.25, 0.3) is 5.91 Å². The Morgan fingerprint density at radius 3 is 2.56 bits per heavy atom. The lowest BCUT2D eigenvalue weighted by Gasteiger charge is -2.06. The van der Waals surface area contributed by atoms with E-state index in [1.807, 2.05) is 43.3 Å². The number of furan rings is 1. The molecule has 6 nitrogen and oxygen atoms in total. The summed E-state index contributed by atoms with van der Waals surface area (Å²) in [5.74, 6) is -1.67. The number of imide groups is 1. The number of amides is 2. The molecule has 0 atom stereocenters. The minimum Gasteiger partial charge on any atom is -0.464 e. The number of aryl methyl sites for hydroxylation is 1. The van der Waals surface area contributed by atoms with Crippen LogP contribution in [0.15, 0.2) is 59.2 Å². The van der Waals surface area contributed by atoms with Crippen LogP contribution in [0.5, 0.6) is 0 Å². The second kappa shape index (κ2) is 8.31. The summed E-state index contributed by atoms with van der Waals surface area (Å²) in [5, 5.41) is 3.04. The van der Waals surface area contributed by atoms with Gasteiger partial charge in [0.1, 0.15) is 5.58 Å². The van der Waals surface area contributed by atoms with Gasteiger partial charge in [-0.1, -0.05) is 42.5 Å². The molecule has 0 aliphatic rings. The minimum atomic E-state index is -0.656. The van der Waals surface area contributed by atoms with Crippen molar-refractivity contribution in [2.24, 2.45) is 0 Å². The summed E-state index contributed by atoms with van der Waals surface area (Å²) in [6.45, 7) is 1.45. The fourth-order valence-electron chi connectivity index (χ4n) is 2.70. The molecule has 3 aromatic rings. The van der Waals surface area contributed by atoms with E-state index in [1.54, 1.807) is 12.1 Å². The highest BCUT2D eigenvalue weighted by atomic mass is 16.5. The van der Waals surface area contributed by atoms with E-state index in [1.165, 1.54) is 6.26 Å². The van der Waals surface area contributed by atoms with Crippen molar-refractivity contribution in [3.63, 3.8) is 0 Å².